The monoisotopic (exact) mass is 380 g/mol. The minimum Gasteiger partial charge on any atom is -0.479 e. The molecule has 0 saturated carbocycles. The fourth-order valence-electron chi connectivity index (χ4n) is 3.31. The van der Waals surface area contributed by atoms with Crippen molar-refractivity contribution in [2.75, 3.05) is 0 Å². The summed E-state index contributed by atoms with van der Waals surface area (Å²) in [5, 5.41) is 9.31. The second kappa shape index (κ2) is 8.57. The van der Waals surface area contributed by atoms with Gasteiger partial charge in [0.2, 0.25) is 0 Å². The Morgan fingerprint density at radius 1 is 0.852 bits per heavy atom. The number of benzene rings is 2. The number of aryl methyl sites for hydroxylation is 4. The fourth-order valence-corrected chi connectivity index (χ4v) is 3.31. The summed E-state index contributed by atoms with van der Waals surface area (Å²) in [6.45, 7) is 7.29. The van der Waals surface area contributed by atoms with Crippen LogP contribution >= 0.6 is 0 Å². The summed E-state index contributed by atoms with van der Waals surface area (Å²) < 4.78 is 45.3. The van der Waals surface area contributed by atoms with Crippen LogP contribution in [0.25, 0.3) is 0 Å². The fraction of sp³-hybridized carbons (Fsp3) is 0.381. The Morgan fingerprint density at radius 2 is 1.22 bits per heavy atom. The summed E-state index contributed by atoms with van der Waals surface area (Å²) in [5.74, 6) is -1.76. The standard InChI is InChI=1S/C21H23F3O3/c1-11-7-5-8-12(2)15(11)18(16-13(3)9-6-10-14(16)4)27-19(21(25)26)17(22)20(23)24/h5-10,17-20H,1-4H3,(H,25,26). The lowest BCUT2D eigenvalue weighted by atomic mass is 9.88. The van der Waals surface area contributed by atoms with Gasteiger partial charge in [0.05, 0.1) is 0 Å². The molecule has 27 heavy (non-hydrogen) atoms. The lowest BCUT2D eigenvalue weighted by molar-refractivity contribution is -0.165. The molecule has 2 unspecified atom stereocenters. The van der Waals surface area contributed by atoms with Crippen LogP contribution in [0.3, 0.4) is 0 Å². The van der Waals surface area contributed by atoms with Crippen LogP contribution in [0.5, 0.6) is 0 Å². The van der Waals surface area contributed by atoms with E-state index in [1.807, 2.05) is 64.1 Å². The van der Waals surface area contributed by atoms with Gasteiger partial charge in [-0.2, -0.15) is 0 Å². The van der Waals surface area contributed by atoms with Crippen molar-refractivity contribution in [3.05, 3.63) is 69.8 Å². The number of carboxylic acids is 1. The number of alkyl halides is 3. The molecule has 0 heterocycles. The number of carboxylic acid groups (broad SMARTS) is 1. The first-order valence-electron chi connectivity index (χ1n) is 8.57. The molecule has 0 radical (unpaired) electrons. The third-order valence-electron chi connectivity index (χ3n) is 4.66. The number of hydrogen-bond donors (Lipinski definition) is 1. The number of halogens is 3. The summed E-state index contributed by atoms with van der Waals surface area (Å²) >= 11 is 0. The molecule has 2 atom stereocenters. The molecule has 0 spiro atoms. The highest BCUT2D eigenvalue weighted by atomic mass is 19.3. The van der Waals surface area contributed by atoms with Crippen molar-refractivity contribution in [1.82, 2.24) is 0 Å². The van der Waals surface area contributed by atoms with Crippen molar-refractivity contribution in [2.24, 2.45) is 0 Å². The minimum atomic E-state index is -3.46. The normalized spacial score (nSPS) is 13.8. The van der Waals surface area contributed by atoms with Crippen LogP contribution in [0.2, 0.25) is 0 Å². The molecule has 0 aromatic heterocycles. The number of aliphatic carboxylic acids is 1. The average Bonchev–Trinajstić information content (AvgIpc) is 2.57. The van der Waals surface area contributed by atoms with Crippen LogP contribution < -0.4 is 0 Å². The largest absolute Gasteiger partial charge is 0.479 e. The van der Waals surface area contributed by atoms with Crippen LogP contribution in [0, 0.1) is 27.7 Å². The van der Waals surface area contributed by atoms with Crippen molar-refractivity contribution in [1.29, 1.82) is 0 Å². The van der Waals surface area contributed by atoms with Crippen LogP contribution in [-0.4, -0.2) is 29.8 Å². The van der Waals surface area contributed by atoms with E-state index in [1.54, 1.807) is 0 Å². The molecule has 1 N–H and O–H groups in total. The minimum absolute atomic E-state index is 0.655. The first kappa shape index (κ1) is 21.0. The molecule has 3 nitrogen and oxygen atoms in total. The van der Waals surface area contributed by atoms with Gasteiger partial charge in [-0.25, -0.2) is 18.0 Å². The van der Waals surface area contributed by atoms with Gasteiger partial charge in [0.25, 0.3) is 6.43 Å². The van der Waals surface area contributed by atoms with Crippen LogP contribution in [0.1, 0.15) is 39.5 Å². The van der Waals surface area contributed by atoms with Gasteiger partial charge in [0.15, 0.2) is 12.3 Å². The van der Waals surface area contributed by atoms with Crippen molar-refractivity contribution >= 4 is 5.97 Å². The molecule has 0 bridgehead atoms. The molecular formula is C21H23F3O3. The first-order chi connectivity index (χ1) is 12.6. The quantitative estimate of drug-likeness (QED) is 0.728. The topological polar surface area (TPSA) is 46.5 Å². The molecule has 0 aliphatic carbocycles. The van der Waals surface area contributed by atoms with Gasteiger partial charge in [-0.1, -0.05) is 36.4 Å². The molecular weight excluding hydrogens is 357 g/mol. The lowest BCUT2D eigenvalue weighted by Gasteiger charge is -2.29. The zero-order valence-electron chi connectivity index (χ0n) is 15.7. The van der Waals surface area contributed by atoms with Crippen molar-refractivity contribution in [3.63, 3.8) is 0 Å². The third-order valence-corrected chi connectivity index (χ3v) is 4.66. The summed E-state index contributed by atoms with van der Waals surface area (Å²) in [4.78, 5) is 11.5. The summed E-state index contributed by atoms with van der Waals surface area (Å²) in [7, 11) is 0. The van der Waals surface area contributed by atoms with Gasteiger partial charge in [-0.05, 0) is 61.1 Å². The second-order valence-electron chi connectivity index (χ2n) is 6.66. The summed E-state index contributed by atoms with van der Waals surface area (Å²) in [6.07, 6.45) is -9.65. The predicted octanol–water partition coefficient (Wildman–Crippen LogP) is 5.08. The maximum atomic E-state index is 14.0. The van der Waals surface area contributed by atoms with E-state index in [-0.39, 0.29) is 0 Å². The predicted molar refractivity (Wildman–Crippen MR) is 97.1 cm³/mol. The van der Waals surface area contributed by atoms with E-state index in [2.05, 4.69) is 0 Å². The van der Waals surface area contributed by atoms with E-state index in [4.69, 9.17) is 4.74 Å². The Hall–Kier alpha value is -2.34. The van der Waals surface area contributed by atoms with E-state index in [0.29, 0.717) is 11.1 Å². The maximum absolute atomic E-state index is 14.0. The van der Waals surface area contributed by atoms with E-state index >= 15 is 0 Å². The molecule has 146 valence electrons. The summed E-state index contributed by atoms with van der Waals surface area (Å²) in [6, 6.07) is 11.0. The molecule has 0 aliphatic heterocycles. The van der Waals surface area contributed by atoms with Crippen molar-refractivity contribution in [3.8, 4) is 0 Å². The Morgan fingerprint density at radius 3 is 1.52 bits per heavy atom. The van der Waals surface area contributed by atoms with Crippen molar-refractivity contribution < 1.29 is 27.8 Å². The number of rotatable bonds is 7. The van der Waals surface area contributed by atoms with Crippen LogP contribution in [-0.2, 0) is 9.53 Å². The second-order valence-corrected chi connectivity index (χ2v) is 6.66. The molecule has 6 heteroatoms. The highest BCUT2D eigenvalue weighted by Gasteiger charge is 2.39. The first-order valence-corrected chi connectivity index (χ1v) is 8.57. The molecule has 0 saturated heterocycles. The van der Waals surface area contributed by atoms with Crippen molar-refractivity contribution in [2.45, 2.75) is 52.5 Å². The van der Waals surface area contributed by atoms with Gasteiger partial charge in [-0.3, -0.25) is 0 Å². The van der Waals surface area contributed by atoms with Gasteiger partial charge in [0.1, 0.15) is 6.10 Å². The molecule has 2 aromatic carbocycles. The average molecular weight is 380 g/mol. The Bertz CT molecular complexity index is 728. The van der Waals surface area contributed by atoms with E-state index in [9.17, 15) is 23.1 Å². The molecule has 2 rings (SSSR count). The van der Waals surface area contributed by atoms with Gasteiger partial charge in [-0.15, -0.1) is 0 Å². The Labute approximate surface area is 156 Å². The van der Waals surface area contributed by atoms with Crippen LogP contribution in [0.4, 0.5) is 13.2 Å². The third kappa shape index (κ3) is 4.50. The molecule has 2 aromatic rings. The highest BCUT2D eigenvalue weighted by molar-refractivity contribution is 5.73. The van der Waals surface area contributed by atoms with Gasteiger partial charge >= 0.3 is 5.97 Å². The smallest absolute Gasteiger partial charge is 0.336 e. The van der Waals surface area contributed by atoms with E-state index in [0.717, 1.165) is 22.3 Å². The van der Waals surface area contributed by atoms with Gasteiger partial charge < -0.3 is 9.84 Å². The highest BCUT2D eigenvalue weighted by Crippen LogP contribution is 2.36. The lowest BCUT2D eigenvalue weighted by Crippen LogP contribution is -2.39. The molecule has 0 amide bonds. The number of hydrogen-bond acceptors (Lipinski definition) is 2. The summed E-state index contributed by atoms with van der Waals surface area (Å²) in [5.41, 5.74) is 4.53. The molecule has 0 aliphatic rings. The molecule has 0 fully saturated rings. The Kier molecular flexibility index (Phi) is 6.65. The van der Waals surface area contributed by atoms with Gasteiger partial charge in [0, 0.05) is 0 Å². The van der Waals surface area contributed by atoms with Crippen LogP contribution in [0.15, 0.2) is 36.4 Å². The van der Waals surface area contributed by atoms with E-state index < -0.39 is 30.8 Å². The zero-order chi connectivity index (χ0) is 20.3. The SMILES string of the molecule is Cc1cccc(C)c1C(OC(C(=O)O)C(F)C(F)F)c1c(C)cccc1C. The maximum Gasteiger partial charge on any atom is 0.336 e. The van der Waals surface area contributed by atoms with E-state index in [1.165, 1.54) is 0 Å². The Balaban J connectivity index is 2.65. The number of ether oxygens (including phenoxy) is 1. The number of carbonyl (C=O) groups is 1. The zero-order valence-corrected chi connectivity index (χ0v) is 15.7.